The topological polar surface area (TPSA) is 77.8 Å². The number of hydrogen-bond donors (Lipinski definition) is 1. The van der Waals surface area contributed by atoms with Gasteiger partial charge in [0.1, 0.15) is 4.88 Å². The summed E-state index contributed by atoms with van der Waals surface area (Å²) in [6.07, 6.45) is 0.759. The van der Waals surface area contributed by atoms with Gasteiger partial charge >= 0.3 is 0 Å². The molecule has 0 aliphatic carbocycles. The summed E-state index contributed by atoms with van der Waals surface area (Å²) in [4.78, 5) is 9.47. The highest BCUT2D eigenvalue weighted by atomic mass is 32.1. The Bertz CT molecular complexity index is 489. The largest absolute Gasteiger partial charge is 0.375 e. The zero-order valence-electron chi connectivity index (χ0n) is 9.52. The normalized spacial score (nSPS) is 11.2. The molecule has 5 nitrogen and oxygen atoms in total. The first-order valence-corrected chi connectivity index (χ1v) is 6.02. The molecule has 0 radical (unpaired) electrons. The minimum absolute atomic E-state index is 0.292. The van der Waals surface area contributed by atoms with Crippen molar-refractivity contribution in [3.8, 4) is 10.8 Å². The van der Waals surface area contributed by atoms with Gasteiger partial charge in [0.25, 0.3) is 5.89 Å². The van der Waals surface area contributed by atoms with E-state index >= 15 is 0 Å². The minimum atomic E-state index is 0.292. The molecule has 0 aromatic carbocycles. The molecule has 2 aromatic heterocycles. The van der Waals surface area contributed by atoms with Crippen molar-refractivity contribution < 1.29 is 4.52 Å². The lowest BCUT2D eigenvalue weighted by molar-refractivity contribution is 0.423. The number of anilines is 1. The van der Waals surface area contributed by atoms with Gasteiger partial charge in [-0.25, -0.2) is 4.98 Å². The van der Waals surface area contributed by atoms with Crippen molar-refractivity contribution in [3.05, 3.63) is 11.5 Å². The maximum Gasteiger partial charge on any atom is 0.270 e. The van der Waals surface area contributed by atoms with E-state index in [1.54, 1.807) is 0 Å². The van der Waals surface area contributed by atoms with E-state index in [-0.39, 0.29) is 0 Å². The van der Waals surface area contributed by atoms with E-state index in [4.69, 9.17) is 10.3 Å². The summed E-state index contributed by atoms with van der Waals surface area (Å²) in [5.41, 5.74) is 6.64. The molecule has 0 amide bonds. The summed E-state index contributed by atoms with van der Waals surface area (Å²) >= 11 is 1.39. The van der Waals surface area contributed by atoms with Crippen molar-refractivity contribution in [1.82, 2.24) is 15.1 Å². The highest BCUT2D eigenvalue weighted by Crippen LogP contribution is 2.34. The molecule has 6 heteroatoms. The van der Waals surface area contributed by atoms with E-state index in [0.29, 0.717) is 22.8 Å². The van der Waals surface area contributed by atoms with E-state index in [2.05, 4.69) is 29.0 Å². The number of nitrogen functional groups attached to an aromatic ring is 1. The van der Waals surface area contributed by atoms with Gasteiger partial charge in [0, 0.05) is 6.42 Å². The summed E-state index contributed by atoms with van der Waals surface area (Å²) in [6, 6.07) is 0. The third kappa shape index (κ3) is 1.92. The van der Waals surface area contributed by atoms with Gasteiger partial charge in [0.2, 0.25) is 0 Å². The second-order valence-electron chi connectivity index (χ2n) is 3.79. The molecule has 0 fully saturated rings. The van der Waals surface area contributed by atoms with Crippen LogP contribution in [0.4, 0.5) is 5.13 Å². The van der Waals surface area contributed by atoms with Gasteiger partial charge < -0.3 is 10.3 Å². The quantitative estimate of drug-likeness (QED) is 0.888. The number of aromatic nitrogens is 3. The lowest BCUT2D eigenvalue weighted by Gasteiger charge is -2.00. The van der Waals surface area contributed by atoms with E-state index in [0.717, 1.165) is 17.0 Å². The van der Waals surface area contributed by atoms with Crippen LogP contribution in [0.2, 0.25) is 0 Å². The smallest absolute Gasteiger partial charge is 0.270 e. The van der Waals surface area contributed by atoms with E-state index < -0.39 is 0 Å². The molecule has 2 N–H and O–H groups in total. The van der Waals surface area contributed by atoms with Crippen LogP contribution in [0.5, 0.6) is 0 Å². The van der Waals surface area contributed by atoms with Gasteiger partial charge in [-0.15, -0.1) is 0 Å². The van der Waals surface area contributed by atoms with E-state index in [9.17, 15) is 0 Å². The number of rotatable bonds is 3. The fraction of sp³-hybridized carbons (Fsp3) is 0.500. The van der Waals surface area contributed by atoms with Crippen LogP contribution < -0.4 is 5.73 Å². The lowest BCUT2D eigenvalue weighted by Crippen LogP contribution is -1.92. The molecule has 2 heterocycles. The average molecular weight is 238 g/mol. The SMILES string of the molecule is CCc1noc(-c2sc(N)nc2C(C)C)n1. The summed E-state index contributed by atoms with van der Waals surface area (Å²) in [6.45, 7) is 6.11. The standard InChI is InChI=1S/C10H14N4OS/c1-4-6-12-9(15-14-6)8-7(5(2)3)13-10(11)16-8/h5H,4H2,1-3H3,(H2,11,13). The molecule has 2 aromatic rings. The van der Waals surface area contributed by atoms with Crippen molar-refractivity contribution >= 4 is 16.5 Å². The highest BCUT2D eigenvalue weighted by Gasteiger charge is 2.19. The van der Waals surface area contributed by atoms with Gasteiger partial charge in [-0.05, 0) is 5.92 Å². The Kier molecular flexibility index (Phi) is 2.91. The molecule has 0 unspecified atom stereocenters. The van der Waals surface area contributed by atoms with E-state index in [1.807, 2.05) is 6.92 Å². The van der Waals surface area contributed by atoms with Crippen molar-refractivity contribution in [2.75, 3.05) is 5.73 Å². The van der Waals surface area contributed by atoms with Crippen LogP contribution in [0.25, 0.3) is 10.8 Å². The maximum atomic E-state index is 5.71. The summed E-state index contributed by atoms with van der Waals surface area (Å²) in [5, 5.41) is 4.41. The third-order valence-electron chi connectivity index (χ3n) is 2.20. The Balaban J connectivity index is 2.46. The van der Waals surface area contributed by atoms with Crippen LogP contribution in [0.3, 0.4) is 0 Å². The van der Waals surface area contributed by atoms with Crippen molar-refractivity contribution in [2.45, 2.75) is 33.1 Å². The molecular weight excluding hydrogens is 224 g/mol. The Morgan fingerprint density at radius 2 is 2.12 bits per heavy atom. The Morgan fingerprint density at radius 1 is 1.38 bits per heavy atom. The number of hydrogen-bond acceptors (Lipinski definition) is 6. The fourth-order valence-electron chi connectivity index (χ4n) is 1.38. The van der Waals surface area contributed by atoms with Crippen LogP contribution in [0.15, 0.2) is 4.52 Å². The Morgan fingerprint density at radius 3 is 2.69 bits per heavy atom. The van der Waals surface area contributed by atoms with Gasteiger partial charge in [0.05, 0.1) is 5.69 Å². The zero-order chi connectivity index (χ0) is 11.7. The van der Waals surface area contributed by atoms with Gasteiger partial charge in [-0.3, -0.25) is 0 Å². The number of nitrogens with zero attached hydrogens (tertiary/aromatic N) is 3. The summed E-state index contributed by atoms with van der Waals surface area (Å²) < 4.78 is 5.20. The predicted molar refractivity (Wildman–Crippen MR) is 63.3 cm³/mol. The maximum absolute atomic E-state index is 5.71. The molecule has 0 aliphatic rings. The predicted octanol–water partition coefficient (Wildman–Crippen LogP) is 2.46. The van der Waals surface area contributed by atoms with Crippen LogP contribution in [0.1, 0.15) is 38.2 Å². The van der Waals surface area contributed by atoms with E-state index in [1.165, 1.54) is 11.3 Å². The molecule has 86 valence electrons. The molecular formula is C10H14N4OS. The number of nitrogens with two attached hydrogens (primary N) is 1. The summed E-state index contributed by atoms with van der Waals surface area (Å²) in [5.74, 6) is 1.52. The lowest BCUT2D eigenvalue weighted by atomic mass is 10.1. The Labute approximate surface area is 97.7 Å². The Hall–Kier alpha value is -1.43. The third-order valence-corrected chi connectivity index (χ3v) is 3.08. The van der Waals surface area contributed by atoms with Crippen LogP contribution in [0, 0.1) is 0 Å². The van der Waals surface area contributed by atoms with Gasteiger partial charge in [-0.1, -0.05) is 37.3 Å². The molecule has 16 heavy (non-hydrogen) atoms. The second-order valence-corrected chi connectivity index (χ2v) is 4.82. The summed E-state index contributed by atoms with van der Waals surface area (Å²) in [7, 11) is 0. The molecule has 2 rings (SSSR count). The van der Waals surface area contributed by atoms with Gasteiger partial charge in [-0.2, -0.15) is 4.98 Å². The van der Waals surface area contributed by atoms with Crippen molar-refractivity contribution in [2.24, 2.45) is 0 Å². The molecule has 0 saturated heterocycles. The first kappa shape index (κ1) is 11.1. The molecule has 0 aliphatic heterocycles. The number of aryl methyl sites for hydroxylation is 1. The second kappa shape index (κ2) is 4.21. The molecule has 0 saturated carbocycles. The van der Waals surface area contributed by atoms with Crippen LogP contribution in [-0.4, -0.2) is 15.1 Å². The van der Waals surface area contributed by atoms with Crippen molar-refractivity contribution in [3.63, 3.8) is 0 Å². The monoisotopic (exact) mass is 238 g/mol. The van der Waals surface area contributed by atoms with Gasteiger partial charge in [0.15, 0.2) is 11.0 Å². The molecule has 0 spiro atoms. The highest BCUT2D eigenvalue weighted by molar-refractivity contribution is 7.18. The number of thiazole rings is 1. The van der Waals surface area contributed by atoms with Crippen LogP contribution >= 0.6 is 11.3 Å². The first-order valence-electron chi connectivity index (χ1n) is 5.21. The fourth-order valence-corrected chi connectivity index (χ4v) is 2.29. The first-order chi connectivity index (χ1) is 7.61. The minimum Gasteiger partial charge on any atom is -0.375 e. The molecule has 0 bridgehead atoms. The van der Waals surface area contributed by atoms with Crippen molar-refractivity contribution in [1.29, 1.82) is 0 Å². The average Bonchev–Trinajstić information content (AvgIpc) is 2.82. The molecule has 0 atom stereocenters. The zero-order valence-corrected chi connectivity index (χ0v) is 10.3. The van der Waals surface area contributed by atoms with Crippen LogP contribution in [-0.2, 0) is 6.42 Å².